The van der Waals surface area contributed by atoms with Gasteiger partial charge in [0, 0.05) is 31.9 Å². The lowest BCUT2D eigenvalue weighted by Crippen LogP contribution is -2.41. The summed E-state index contributed by atoms with van der Waals surface area (Å²) in [6, 6.07) is 10.3. The van der Waals surface area contributed by atoms with Gasteiger partial charge in [-0.2, -0.15) is 15.1 Å². The fourth-order valence-corrected chi connectivity index (χ4v) is 5.71. The van der Waals surface area contributed by atoms with Crippen molar-refractivity contribution < 1.29 is 9.84 Å². The molecule has 0 aliphatic carbocycles. The second kappa shape index (κ2) is 10.3. The van der Waals surface area contributed by atoms with Crippen LogP contribution in [0, 0.1) is 12.8 Å². The summed E-state index contributed by atoms with van der Waals surface area (Å²) in [6.07, 6.45) is 3.89. The number of morpholine rings is 1. The van der Waals surface area contributed by atoms with E-state index in [2.05, 4.69) is 39.5 Å². The van der Waals surface area contributed by atoms with Gasteiger partial charge in [0.25, 0.3) is 5.95 Å². The number of ether oxygens (including phenoxy) is 1. The second-order valence-electron chi connectivity index (χ2n) is 11.4. The lowest BCUT2D eigenvalue weighted by Gasteiger charge is -2.37. The molecule has 0 atom stereocenters. The standard InChI is InChI=1S/C29H38N8O2/c1-20-6-5-7-21(18-20)23-10-13-37(33-23)28-31-26-25(27(32-28)36-14-16-39-17-15-36)30-24(34(26)4)19-35-11-8-22(9-12-35)29(2,3)38/h5-7,10,13,18,22,38H,8-9,11-12,14-17,19H2,1-4H3. The fraction of sp³-hybridized carbons (Fsp3) is 0.517. The van der Waals surface area contributed by atoms with Gasteiger partial charge >= 0.3 is 0 Å². The normalized spacial score (nSPS) is 17.8. The van der Waals surface area contributed by atoms with Crippen molar-refractivity contribution in [2.75, 3.05) is 44.3 Å². The molecule has 206 valence electrons. The SMILES string of the molecule is Cc1cccc(-c2ccn(-c3nc(N4CCOCC4)c4nc(CN5CCC(C(C)(C)O)CC5)n(C)c4n3)n2)c1. The Hall–Kier alpha value is -3.34. The van der Waals surface area contributed by atoms with Gasteiger partial charge in [-0.05, 0) is 64.8 Å². The molecule has 1 aromatic carbocycles. The Balaban J connectivity index is 1.34. The number of benzene rings is 1. The molecule has 2 aliphatic rings. The molecule has 2 fully saturated rings. The maximum atomic E-state index is 10.4. The zero-order valence-electron chi connectivity index (χ0n) is 23.3. The zero-order chi connectivity index (χ0) is 27.1. The van der Waals surface area contributed by atoms with Crippen molar-refractivity contribution in [1.29, 1.82) is 0 Å². The molecule has 6 rings (SSSR count). The van der Waals surface area contributed by atoms with E-state index < -0.39 is 5.60 Å². The van der Waals surface area contributed by atoms with E-state index in [1.54, 1.807) is 4.68 Å². The fourth-order valence-electron chi connectivity index (χ4n) is 5.71. The van der Waals surface area contributed by atoms with E-state index >= 15 is 0 Å². The highest BCUT2D eigenvalue weighted by Crippen LogP contribution is 2.30. The lowest BCUT2D eigenvalue weighted by molar-refractivity contribution is -0.0139. The molecule has 2 aliphatic heterocycles. The van der Waals surface area contributed by atoms with Crippen molar-refractivity contribution in [2.24, 2.45) is 13.0 Å². The Morgan fingerprint density at radius 1 is 1.03 bits per heavy atom. The third kappa shape index (κ3) is 5.28. The monoisotopic (exact) mass is 530 g/mol. The molecule has 0 saturated carbocycles. The van der Waals surface area contributed by atoms with Crippen LogP contribution in [-0.2, 0) is 18.3 Å². The average Bonchev–Trinajstić information content (AvgIpc) is 3.54. The van der Waals surface area contributed by atoms with E-state index in [4.69, 9.17) is 24.8 Å². The Morgan fingerprint density at radius 2 is 1.79 bits per heavy atom. The maximum absolute atomic E-state index is 10.4. The zero-order valence-corrected chi connectivity index (χ0v) is 23.3. The Morgan fingerprint density at radius 3 is 2.51 bits per heavy atom. The summed E-state index contributed by atoms with van der Waals surface area (Å²) in [5, 5.41) is 15.3. The van der Waals surface area contributed by atoms with Crippen molar-refractivity contribution in [3.8, 4) is 17.2 Å². The van der Waals surface area contributed by atoms with Gasteiger partial charge in [-0.15, -0.1) is 0 Å². The molecular weight excluding hydrogens is 492 g/mol. The van der Waals surface area contributed by atoms with E-state index in [-0.39, 0.29) is 0 Å². The summed E-state index contributed by atoms with van der Waals surface area (Å²) < 4.78 is 9.47. The van der Waals surface area contributed by atoms with E-state index in [9.17, 15) is 5.11 Å². The first-order valence-corrected chi connectivity index (χ1v) is 13.9. The van der Waals surface area contributed by atoms with Gasteiger partial charge < -0.3 is 19.3 Å². The molecule has 0 bridgehead atoms. The van der Waals surface area contributed by atoms with Gasteiger partial charge in [-0.25, -0.2) is 9.67 Å². The van der Waals surface area contributed by atoms with Crippen LogP contribution < -0.4 is 4.90 Å². The molecule has 4 aromatic rings. The summed E-state index contributed by atoms with van der Waals surface area (Å²) >= 11 is 0. The predicted molar refractivity (Wildman–Crippen MR) is 151 cm³/mol. The highest BCUT2D eigenvalue weighted by molar-refractivity contribution is 5.85. The van der Waals surface area contributed by atoms with Gasteiger partial charge in [0.2, 0.25) is 0 Å². The van der Waals surface area contributed by atoms with Crippen LogP contribution in [0.2, 0.25) is 0 Å². The number of aromatic nitrogens is 6. The van der Waals surface area contributed by atoms with E-state index in [1.807, 2.05) is 39.2 Å². The van der Waals surface area contributed by atoms with E-state index in [0.717, 1.165) is 79.6 Å². The Kier molecular flexibility index (Phi) is 6.86. The summed E-state index contributed by atoms with van der Waals surface area (Å²) in [4.78, 5) is 19.7. The first-order valence-electron chi connectivity index (χ1n) is 13.9. The number of piperidine rings is 1. The molecular formula is C29H38N8O2. The number of hydrogen-bond acceptors (Lipinski definition) is 8. The number of imidazole rings is 1. The molecule has 39 heavy (non-hydrogen) atoms. The number of likely N-dealkylation sites (tertiary alicyclic amines) is 1. The third-order valence-electron chi connectivity index (χ3n) is 8.15. The van der Waals surface area contributed by atoms with Gasteiger partial charge in [0.05, 0.1) is 31.1 Å². The predicted octanol–water partition coefficient (Wildman–Crippen LogP) is 3.34. The molecule has 2 saturated heterocycles. The number of aryl methyl sites for hydroxylation is 2. The van der Waals surface area contributed by atoms with Crippen LogP contribution in [0.3, 0.4) is 0 Å². The molecule has 5 heterocycles. The maximum Gasteiger partial charge on any atom is 0.254 e. The van der Waals surface area contributed by atoms with Crippen LogP contribution in [-0.4, -0.2) is 84.3 Å². The largest absolute Gasteiger partial charge is 0.390 e. The number of rotatable bonds is 6. The van der Waals surface area contributed by atoms with Gasteiger partial charge in [0.1, 0.15) is 5.82 Å². The molecule has 10 nitrogen and oxygen atoms in total. The molecule has 10 heteroatoms. The van der Waals surface area contributed by atoms with Crippen molar-refractivity contribution in [1.82, 2.24) is 34.2 Å². The minimum absolute atomic E-state index is 0.328. The van der Waals surface area contributed by atoms with Crippen molar-refractivity contribution in [2.45, 2.75) is 45.8 Å². The Labute approximate surface area is 229 Å². The van der Waals surface area contributed by atoms with Gasteiger partial charge in [-0.1, -0.05) is 23.8 Å². The molecule has 0 amide bonds. The van der Waals surface area contributed by atoms with Crippen molar-refractivity contribution in [3.05, 3.63) is 47.9 Å². The first kappa shape index (κ1) is 25.9. The number of anilines is 1. The summed E-state index contributed by atoms with van der Waals surface area (Å²) in [6.45, 7) is 11.4. The van der Waals surface area contributed by atoms with Crippen LogP contribution in [0.15, 0.2) is 36.5 Å². The summed E-state index contributed by atoms with van der Waals surface area (Å²) in [5.74, 6) is 2.65. The number of aliphatic hydroxyl groups is 1. The third-order valence-corrected chi connectivity index (χ3v) is 8.15. The van der Waals surface area contributed by atoms with Crippen LogP contribution in [0.4, 0.5) is 5.82 Å². The average molecular weight is 531 g/mol. The highest BCUT2D eigenvalue weighted by atomic mass is 16.5. The Bertz CT molecular complexity index is 1460. The number of fused-ring (bicyclic) bond motifs is 1. The topological polar surface area (TPSA) is 97.4 Å². The lowest BCUT2D eigenvalue weighted by atomic mass is 9.83. The highest BCUT2D eigenvalue weighted by Gasteiger charge is 2.31. The van der Waals surface area contributed by atoms with E-state index in [0.29, 0.717) is 25.1 Å². The number of hydrogen-bond donors (Lipinski definition) is 1. The molecule has 0 radical (unpaired) electrons. The first-order chi connectivity index (χ1) is 18.8. The smallest absolute Gasteiger partial charge is 0.254 e. The van der Waals surface area contributed by atoms with Crippen LogP contribution in [0.1, 0.15) is 38.1 Å². The summed E-state index contributed by atoms with van der Waals surface area (Å²) in [5.41, 5.74) is 4.14. The molecule has 0 spiro atoms. The molecule has 0 unspecified atom stereocenters. The molecule has 1 N–H and O–H groups in total. The van der Waals surface area contributed by atoms with Gasteiger partial charge in [0.15, 0.2) is 17.0 Å². The summed E-state index contributed by atoms with van der Waals surface area (Å²) in [7, 11) is 2.04. The quantitative estimate of drug-likeness (QED) is 0.406. The number of nitrogens with zero attached hydrogens (tertiary/aromatic N) is 8. The van der Waals surface area contributed by atoms with Gasteiger partial charge in [-0.3, -0.25) is 4.90 Å². The van der Waals surface area contributed by atoms with Crippen molar-refractivity contribution >= 4 is 17.0 Å². The van der Waals surface area contributed by atoms with Crippen LogP contribution in [0.5, 0.6) is 0 Å². The van der Waals surface area contributed by atoms with E-state index in [1.165, 1.54) is 5.56 Å². The van der Waals surface area contributed by atoms with Crippen LogP contribution in [0.25, 0.3) is 28.4 Å². The minimum Gasteiger partial charge on any atom is -0.390 e. The molecule has 3 aromatic heterocycles. The van der Waals surface area contributed by atoms with Crippen molar-refractivity contribution in [3.63, 3.8) is 0 Å². The van der Waals surface area contributed by atoms with Crippen LogP contribution >= 0.6 is 0 Å². The second-order valence-corrected chi connectivity index (χ2v) is 11.4. The minimum atomic E-state index is -0.630.